The molecule has 0 spiro atoms. The molecular weight excluding hydrogens is 240 g/mol. The molecule has 4 heteroatoms. The zero-order chi connectivity index (χ0) is 6.78. The Bertz CT molecular complexity index is 72.4. The van der Waals surface area contributed by atoms with Gasteiger partial charge in [-0.25, -0.2) is 0 Å². The highest BCUT2D eigenvalue weighted by Gasteiger charge is 2.26. The second-order valence-corrected chi connectivity index (χ2v) is 3.56. The zero-order valence-electron chi connectivity index (χ0n) is 4.43. The lowest BCUT2D eigenvalue weighted by Crippen LogP contribution is -2.35. The van der Waals surface area contributed by atoms with E-state index in [9.17, 15) is 0 Å². The molecule has 0 bridgehead atoms. The van der Waals surface area contributed by atoms with Crippen LogP contribution in [-0.4, -0.2) is 26.2 Å². The molecule has 0 saturated heterocycles. The van der Waals surface area contributed by atoms with Gasteiger partial charge < -0.3 is 10.2 Å². The van der Waals surface area contributed by atoms with Gasteiger partial charge in [0.05, 0.1) is 6.10 Å². The Morgan fingerprint density at radius 1 is 1.75 bits per heavy atom. The molecule has 0 aromatic carbocycles. The van der Waals surface area contributed by atoms with E-state index in [1.807, 2.05) is 0 Å². The van der Waals surface area contributed by atoms with Gasteiger partial charge in [0.15, 0.2) is 4.51 Å². The van der Waals surface area contributed by atoms with E-state index >= 15 is 0 Å². The van der Waals surface area contributed by atoms with Crippen molar-refractivity contribution in [1.82, 2.24) is 0 Å². The fourth-order valence-electron chi connectivity index (χ4n) is 0.112. The molecule has 0 aliphatic heterocycles. The third-order valence-corrected chi connectivity index (χ3v) is 3.38. The summed E-state index contributed by atoms with van der Waals surface area (Å²) in [5.74, 6) is 0. The van der Waals surface area contributed by atoms with Gasteiger partial charge in [-0.15, -0.1) is 0 Å². The van der Waals surface area contributed by atoms with E-state index in [0.717, 1.165) is 0 Å². The first-order valence-corrected chi connectivity index (χ1v) is 4.07. The molecule has 0 radical (unpaired) electrons. The molecule has 2 N–H and O–H groups in total. The Kier molecular flexibility index (Phi) is 3.50. The first-order valence-electron chi connectivity index (χ1n) is 2.16. The van der Waals surface area contributed by atoms with Crippen LogP contribution in [0, 0.1) is 0 Å². The average molecular weight is 248 g/mol. The summed E-state index contributed by atoms with van der Waals surface area (Å²) in [6.45, 7) is 1.51. The summed E-state index contributed by atoms with van der Waals surface area (Å²) in [5, 5.41) is 18.1. The fraction of sp³-hybridized carbons (Fsp3) is 1.00. The number of aliphatic hydroxyl groups excluding tert-OH is 1. The van der Waals surface area contributed by atoms with E-state index in [4.69, 9.17) is 10.2 Å². The normalized spacial score (nSPS) is 22.1. The molecule has 0 rings (SSSR count). The minimum absolute atomic E-state index is 0.317. The van der Waals surface area contributed by atoms with Crippen LogP contribution in [0.25, 0.3) is 0 Å². The second kappa shape index (κ2) is 3.15. The summed E-state index contributed by atoms with van der Waals surface area (Å²) in [6.07, 6.45) is -0.762. The molecule has 0 heterocycles. The molecule has 0 fully saturated rings. The molecule has 0 aliphatic rings. The van der Waals surface area contributed by atoms with Crippen LogP contribution in [0.2, 0.25) is 0 Å². The minimum Gasteiger partial charge on any atom is -0.389 e. The van der Waals surface area contributed by atoms with Crippen LogP contribution >= 0.6 is 31.9 Å². The summed E-state index contributed by atoms with van der Waals surface area (Å²) >= 11 is 5.92. The first kappa shape index (κ1) is 8.88. The van der Waals surface area contributed by atoms with Crippen molar-refractivity contribution in [3.63, 3.8) is 0 Å². The van der Waals surface area contributed by atoms with Crippen molar-refractivity contribution < 1.29 is 10.2 Å². The summed E-state index contributed by atoms with van der Waals surface area (Å²) in [4.78, 5) is 0. The summed E-state index contributed by atoms with van der Waals surface area (Å²) in [6, 6.07) is 0. The van der Waals surface area contributed by atoms with Gasteiger partial charge in [0.1, 0.15) is 0 Å². The predicted molar refractivity (Wildman–Crippen MR) is 39.4 cm³/mol. The third kappa shape index (κ3) is 2.44. The smallest absolute Gasteiger partial charge is 0.154 e. The van der Waals surface area contributed by atoms with E-state index in [1.54, 1.807) is 0 Å². The van der Waals surface area contributed by atoms with Crippen molar-refractivity contribution in [3.8, 4) is 0 Å². The molecule has 2 nitrogen and oxygen atoms in total. The number of aliphatic hydroxyl groups is 2. The van der Waals surface area contributed by atoms with E-state index < -0.39 is 10.6 Å². The lowest BCUT2D eigenvalue weighted by Gasteiger charge is -2.20. The van der Waals surface area contributed by atoms with Crippen molar-refractivity contribution >= 4 is 31.9 Å². The van der Waals surface area contributed by atoms with Gasteiger partial charge in [0.25, 0.3) is 0 Å². The molecule has 8 heavy (non-hydrogen) atoms. The highest BCUT2D eigenvalue weighted by atomic mass is 79.9. The SMILES string of the molecule is CC(O)C(O)(Br)CBr. The van der Waals surface area contributed by atoms with Gasteiger partial charge in [-0.05, 0) is 6.92 Å². The Balaban J connectivity index is 3.71. The van der Waals surface area contributed by atoms with Crippen molar-refractivity contribution in [3.05, 3.63) is 0 Å². The molecule has 0 aromatic rings. The van der Waals surface area contributed by atoms with Gasteiger partial charge in [-0.3, -0.25) is 0 Å². The van der Waals surface area contributed by atoms with Crippen LogP contribution in [0.1, 0.15) is 6.92 Å². The van der Waals surface area contributed by atoms with Crippen LogP contribution in [0.3, 0.4) is 0 Å². The van der Waals surface area contributed by atoms with Crippen molar-refractivity contribution in [2.75, 3.05) is 5.33 Å². The highest BCUT2D eigenvalue weighted by Crippen LogP contribution is 2.20. The van der Waals surface area contributed by atoms with E-state index in [2.05, 4.69) is 31.9 Å². The van der Waals surface area contributed by atoms with Crippen LogP contribution in [0.15, 0.2) is 0 Å². The summed E-state index contributed by atoms with van der Waals surface area (Å²) < 4.78 is -1.17. The topological polar surface area (TPSA) is 40.5 Å². The van der Waals surface area contributed by atoms with Crippen LogP contribution in [0.4, 0.5) is 0 Å². The van der Waals surface area contributed by atoms with Gasteiger partial charge in [0.2, 0.25) is 0 Å². The Morgan fingerprint density at radius 3 is 2.12 bits per heavy atom. The maximum absolute atomic E-state index is 9.02. The first-order chi connectivity index (χ1) is 3.50. The van der Waals surface area contributed by atoms with Gasteiger partial charge >= 0.3 is 0 Å². The molecular formula is C4H8Br2O2. The predicted octanol–water partition coefficient (Wildman–Crippen LogP) is 0.846. The number of hydrogen-bond donors (Lipinski definition) is 2. The molecule has 0 aliphatic carbocycles. The average Bonchev–Trinajstić information content (AvgIpc) is 1.67. The minimum atomic E-state index is -1.17. The Hall–Kier alpha value is 0.880. The number of halogens is 2. The van der Waals surface area contributed by atoms with Crippen LogP contribution in [0.5, 0.6) is 0 Å². The molecule has 0 amide bonds. The molecule has 2 unspecified atom stereocenters. The molecule has 2 atom stereocenters. The summed E-state index contributed by atoms with van der Waals surface area (Å²) in [5.41, 5.74) is 0. The number of alkyl halides is 2. The van der Waals surface area contributed by atoms with Crippen LogP contribution < -0.4 is 0 Å². The van der Waals surface area contributed by atoms with E-state index in [1.165, 1.54) is 6.92 Å². The fourth-order valence-corrected chi connectivity index (χ4v) is 0.580. The molecule has 0 saturated carbocycles. The highest BCUT2D eigenvalue weighted by molar-refractivity contribution is 9.12. The molecule has 50 valence electrons. The van der Waals surface area contributed by atoms with E-state index in [0.29, 0.717) is 5.33 Å². The number of rotatable bonds is 2. The zero-order valence-corrected chi connectivity index (χ0v) is 7.61. The quantitative estimate of drug-likeness (QED) is 0.711. The monoisotopic (exact) mass is 246 g/mol. The Labute approximate surface area is 65.2 Å². The largest absolute Gasteiger partial charge is 0.389 e. The lowest BCUT2D eigenvalue weighted by atomic mass is 10.3. The number of hydrogen-bond acceptors (Lipinski definition) is 2. The molecule has 0 aromatic heterocycles. The maximum atomic E-state index is 9.02. The summed E-state index contributed by atoms with van der Waals surface area (Å²) in [7, 11) is 0. The standard InChI is InChI=1S/C4H8Br2O2/c1-3(7)4(6,8)2-5/h3,7-8H,2H2,1H3. The third-order valence-electron chi connectivity index (χ3n) is 0.828. The van der Waals surface area contributed by atoms with Crippen molar-refractivity contribution in [2.24, 2.45) is 0 Å². The maximum Gasteiger partial charge on any atom is 0.154 e. The lowest BCUT2D eigenvalue weighted by molar-refractivity contribution is 0.0271. The van der Waals surface area contributed by atoms with Gasteiger partial charge in [0, 0.05) is 5.33 Å². The Morgan fingerprint density at radius 2 is 2.12 bits per heavy atom. The van der Waals surface area contributed by atoms with Crippen molar-refractivity contribution in [1.29, 1.82) is 0 Å². The van der Waals surface area contributed by atoms with Gasteiger partial charge in [-0.2, -0.15) is 0 Å². The van der Waals surface area contributed by atoms with Gasteiger partial charge in [-0.1, -0.05) is 31.9 Å². The second-order valence-electron chi connectivity index (χ2n) is 1.63. The van der Waals surface area contributed by atoms with Crippen molar-refractivity contribution in [2.45, 2.75) is 17.5 Å². The van der Waals surface area contributed by atoms with E-state index in [-0.39, 0.29) is 0 Å². The van der Waals surface area contributed by atoms with Crippen LogP contribution in [-0.2, 0) is 0 Å².